The lowest BCUT2D eigenvalue weighted by Crippen LogP contribution is -2.12. The summed E-state index contributed by atoms with van der Waals surface area (Å²) in [5.41, 5.74) is 3.01. The van der Waals surface area contributed by atoms with E-state index in [0.717, 1.165) is 22.2 Å². The van der Waals surface area contributed by atoms with Crippen LogP contribution in [0.5, 0.6) is 5.75 Å². The van der Waals surface area contributed by atoms with Crippen LogP contribution in [0.4, 0.5) is 10.1 Å². The second kappa shape index (κ2) is 7.00. The summed E-state index contributed by atoms with van der Waals surface area (Å²) in [7, 11) is 4.96. The molecule has 0 fully saturated rings. The first kappa shape index (κ1) is 17.7. The summed E-state index contributed by atoms with van der Waals surface area (Å²) in [6.07, 6.45) is 2.22. The highest BCUT2D eigenvalue weighted by Crippen LogP contribution is 2.35. The van der Waals surface area contributed by atoms with Gasteiger partial charge in [0, 0.05) is 31.4 Å². The van der Waals surface area contributed by atoms with Crippen molar-refractivity contribution in [2.24, 2.45) is 0 Å². The van der Waals surface area contributed by atoms with Crippen molar-refractivity contribution >= 4 is 22.6 Å². The van der Waals surface area contributed by atoms with E-state index in [1.54, 1.807) is 24.4 Å². The first-order valence-corrected chi connectivity index (χ1v) is 8.05. The van der Waals surface area contributed by atoms with Crippen LogP contribution in [0.1, 0.15) is 21.5 Å². The Bertz CT molecular complexity index is 969. The van der Waals surface area contributed by atoms with Gasteiger partial charge in [-0.1, -0.05) is 12.1 Å². The molecule has 0 aliphatic rings. The fourth-order valence-corrected chi connectivity index (χ4v) is 2.87. The van der Waals surface area contributed by atoms with E-state index in [1.165, 1.54) is 19.2 Å². The molecule has 0 aliphatic heterocycles. The number of halogens is 1. The predicted molar refractivity (Wildman–Crippen MR) is 98.3 cm³/mol. The summed E-state index contributed by atoms with van der Waals surface area (Å²) in [4.78, 5) is 18.1. The molecule has 0 amide bonds. The largest absolute Gasteiger partial charge is 0.505 e. The SMILES string of the molecule is COC(=O)c1cc(N(C)C)c2cc(Cc3ccc(F)cc3)cnc2c1O. The molecule has 2 aromatic carbocycles. The minimum absolute atomic E-state index is 0.0717. The van der Waals surface area contributed by atoms with Crippen LogP contribution >= 0.6 is 0 Å². The highest BCUT2D eigenvalue weighted by molar-refractivity contribution is 6.05. The molecule has 0 atom stereocenters. The van der Waals surface area contributed by atoms with Crippen LogP contribution in [-0.4, -0.2) is 37.3 Å². The predicted octanol–water partition coefficient (Wildman–Crippen LogP) is 3.52. The third-order valence-electron chi connectivity index (χ3n) is 4.19. The van der Waals surface area contributed by atoms with Gasteiger partial charge in [-0.05, 0) is 41.8 Å². The number of esters is 1. The summed E-state index contributed by atoms with van der Waals surface area (Å²) in [5.74, 6) is -1.10. The number of pyridine rings is 1. The highest BCUT2D eigenvalue weighted by Gasteiger charge is 2.20. The van der Waals surface area contributed by atoms with E-state index in [0.29, 0.717) is 11.9 Å². The first-order valence-electron chi connectivity index (χ1n) is 8.05. The maximum atomic E-state index is 13.1. The van der Waals surface area contributed by atoms with E-state index in [-0.39, 0.29) is 17.1 Å². The third-order valence-corrected chi connectivity index (χ3v) is 4.19. The van der Waals surface area contributed by atoms with Gasteiger partial charge in [0.25, 0.3) is 0 Å². The minimum atomic E-state index is -0.621. The zero-order valence-corrected chi connectivity index (χ0v) is 14.8. The zero-order valence-electron chi connectivity index (χ0n) is 14.8. The van der Waals surface area contributed by atoms with Gasteiger partial charge in [0.2, 0.25) is 0 Å². The quantitative estimate of drug-likeness (QED) is 0.727. The average molecular weight is 354 g/mol. The van der Waals surface area contributed by atoms with Gasteiger partial charge < -0.3 is 14.7 Å². The van der Waals surface area contributed by atoms with Gasteiger partial charge in [0.15, 0.2) is 5.75 Å². The Morgan fingerprint density at radius 3 is 2.50 bits per heavy atom. The molecule has 1 aromatic heterocycles. The highest BCUT2D eigenvalue weighted by atomic mass is 19.1. The van der Waals surface area contributed by atoms with E-state index >= 15 is 0 Å². The molecule has 6 heteroatoms. The van der Waals surface area contributed by atoms with Gasteiger partial charge in [-0.2, -0.15) is 0 Å². The molecule has 0 unspecified atom stereocenters. The number of phenols is 1. The van der Waals surface area contributed by atoms with Crippen LogP contribution in [0.3, 0.4) is 0 Å². The van der Waals surface area contributed by atoms with Crippen LogP contribution in [0.2, 0.25) is 0 Å². The molecule has 0 bridgehead atoms. The molecule has 0 saturated carbocycles. The number of fused-ring (bicyclic) bond motifs is 1. The monoisotopic (exact) mass is 354 g/mol. The van der Waals surface area contributed by atoms with E-state index in [1.807, 2.05) is 25.1 Å². The van der Waals surface area contributed by atoms with Crippen molar-refractivity contribution in [3.63, 3.8) is 0 Å². The summed E-state index contributed by atoms with van der Waals surface area (Å²) >= 11 is 0. The molecule has 1 N–H and O–H groups in total. The van der Waals surface area contributed by atoms with E-state index in [4.69, 9.17) is 4.74 Å². The summed E-state index contributed by atoms with van der Waals surface area (Å²) < 4.78 is 17.8. The molecule has 0 saturated heterocycles. The van der Waals surface area contributed by atoms with Crippen molar-refractivity contribution in [3.8, 4) is 5.75 Å². The number of ether oxygens (including phenoxy) is 1. The molecule has 1 heterocycles. The lowest BCUT2D eigenvalue weighted by molar-refractivity contribution is 0.0598. The zero-order chi connectivity index (χ0) is 18.8. The van der Waals surface area contributed by atoms with Crippen LogP contribution in [0, 0.1) is 5.82 Å². The Labute approximate surface area is 150 Å². The minimum Gasteiger partial charge on any atom is -0.505 e. The molecular weight excluding hydrogens is 335 g/mol. The van der Waals surface area contributed by atoms with Gasteiger partial charge in [-0.15, -0.1) is 0 Å². The van der Waals surface area contributed by atoms with Crippen molar-refractivity contribution in [1.82, 2.24) is 4.98 Å². The number of hydrogen-bond acceptors (Lipinski definition) is 5. The molecule has 3 rings (SSSR count). The summed E-state index contributed by atoms with van der Waals surface area (Å²) in [6.45, 7) is 0. The normalized spacial score (nSPS) is 10.8. The van der Waals surface area contributed by atoms with Gasteiger partial charge in [0.1, 0.15) is 16.9 Å². The number of benzene rings is 2. The number of carbonyl (C=O) groups excluding carboxylic acids is 1. The lowest BCUT2D eigenvalue weighted by atomic mass is 10.0. The Morgan fingerprint density at radius 2 is 1.88 bits per heavy atom. The van der Waals surface area contributed by atoms with Crippen LogP contribution < -0.4 is 4.90 Å². The molecular formula is C20H19FN2O3. The molecule has 0 radical (unpaired) electrons. The second-order valence-corrected chi connectivity index (χ2v) is 6.22. The smallest absolute Gasteiger partial charge is 0.341 e. The number of hydrogen-bond donors (Lipinski definition) is 1. The topological polar surface area (TPSA) is 62.7 Å². The van der Waals surface area contributed by atoms with Gasteiger partial charge in [-0.25, -0.2) is 9.18 Å². The molecule has 5 nitrogen and oxygen atoms in total. The van der Waals surface area contributed by atoms with Crippen molar-refractivity contribution < 1.29 is 19.0 Å². The Kier molecular flexibility index (Phi) is 4.75. The van der Waals surface area contributed by atoms with Gasteiger partial charge in [0.05, 0.1) is 7.11 Å². The molecule has 26 heavy (non-hydrogen) atoms. The summed E-state index contributed by atoms with van der Waals surface area (Å²) in [6, 6.07) is 9.80. The fourth-order valence-electron chi connectivity index (χ4n) is 2.87. The van der Waals surface area contributed by atoms with Crippen molar-refractivity contribution in [1.29, 1.82) is 0 Å². The number of anilines is 1. The van der Waals surface area contributed by atoms with E-state index in [2.05, 4.69) is 4.98 Å². The van der Waals surface area contributed by atoms with Gasteiger partial charge in [-0.3, -0.25) is 4.98 Å². The number of nitrogens with zero attached hydrogens (tertiary/aromatic N) is 2. The number of rotatable bonds is 4. The Morgan fingerprint density at radius 1 is 1.19 bits per heavy atom. The number of carbonyl (C=O) groups is 1. The molecule has 3 aromatic rings. The number of phenolic OH excluding ortho intramolecular Hbond substituents is 1. The van der Waals surface area contributed by atoms with Crippen LogP contribution in [-0.2, 0) is 11.2 Å². The lowest BCUT2D eigenvalue weighted by Gasteiger charge is -2.18. The molecule has 0 spiro atoms. The van der Waals surface area contributed by atoms with Crippen molar-refractivity contribution in [3.05, 3.63) is 65.1 Å². The molecule has 134 valence electrons. The second-order valence-electron chi connectivity index (χ2n) is 6.22. The van der Waals surface area contributed by atoms with Crippen molar-refractivity contribution in [2.75, 3.05) is 26.1 Å². The standard InChI is InChI=1S/C20H19FN2O3/c1-23(2)17-10-16(20(25)26-3)19(24)18-15(17)9-13(11-22-18)8-12-4-6-14(21)7-5-12/h4-7,9-11,24H,8H2,1-3H3. The molecule has 0 aliphatic carbocycles. The summed E-state index contributed by atoms with van der Waals surface area (Å²) in [5, 5.41) is 11.2. The number of aromatic nitrogens is 1. The van der Waals surface area contributed by atoms with E-state index < -0.39 is 5.97 Å². The van der Waals surface area contributed by atoms with Gasteiger partial charge >= 0.3 is 5.97 Å². The maximum absolute atomic E-state index is 13.1. The Hall–Kier alpha value is -3.15. The Balaban J connectivity index is 2.12. The number of aromatic hydroxyl groups is 1. The van der Waals surface area contributed by atoms with Crippen molar-refractivity contribution in [2.45, 2.75) is 6.42 Å². The van der Waals surface area contributed by atoms with Crippen LogP contribution in [0.15, 0.2) is 42.6 Å². The maximum Gasteiger partial charge on any atom is 0.341 e. The van der Waals surface area contributed by atoms with E-state index in [9.17, 15) is 14.3 Å². The first-order chi connectivity index (χ1) is 12.4. The number of methoxy groups -OCH3 is 1. The fraction of sp³-hybridized carbons (Fsp3) is 0.200. The average Bonchev–Trinajstić information content (AvgIpc) is 2.63. The van der Waals surface area contributed by atoms with Crippen LogP contribution in [0.25, 0.3) is 10.9 Å². The third kappa shape index (κ3) is 3.31.